The van der Waals surface area contributed by atoms with Crippen molar-refractivity contribution in [1.82, 2.24) is 9.80 Å². The summed E-state index contributed by atoms with van der Waals surface area (Å²) in [6, 6.07) is 3.99. The molecule has 0 bridgehead atoms. The molecule has 36 heavy (non-hydrogen) atoms. The van der Waals surface area contributed by atoms with Crippen molar-refractivity contribution in [1.29, 1.82) is 0 Å². The Morgan fingerprint density at radius 1 is 0.833 bits per heavy atom. The predicted molar refractivity (Wildman–Crippen MR) is 159 cm³/mol. The molecule has 0 saturated heterocycles. The molecule has 0 spiro atoms. The zero-order valence-electron chi connectivity index (χ0n) is 17.2. The monoisotopic (exact) mass is 782 g/mol. The number of anilines is 1. The summed E-state index contributed by atoms with van der Waals surface area (Å²) in [5, 5.41) is 0. The molecule has 0 aliphatic carbocycles. The molecule has 19 heteroatoms. The smallest absolute Gasteiger partial charge is 0.270 e. The molecule has 1 aromatic rings. The van der Waals surface area contributed by atoms with Gasteiger partial charge in [-0.3, -0.25) is 4.90 Å². The summed E-state index contributed by atoms with van der Waals surface area (Å²) in [4.78, 5) is 7.61. The number of nitrogens with zero attached hydrogens (tertiary/aromatic N) is 4. The molecule has 0 aromatic heterocycles. The van der Waals surface area contributed by atoms with Gasteiger partial charge in [-0.15, -0.1) is 23.2 Å². The summed E-state index contributed by atoms with van der Waals surface area (Å²) in [7, 11) is 0. The Labute approximate surface area is 277 Å². The minimum absolute atomic E-state index is 0.0616. The number of amidine groups is 1. The first-order valence-corrected chi connectivity index (χ1v) is 14.9. The quantitative estimate of drug-likeness (QED) is 0.212. The van der Waals surface area contributed by atoms with Crippen LogP contribution < -0.4 is 4.90 Å². The minimum Gasteiger partial charge on any atom is -0.367 e. The van der Waals surface area contributed by atoms with Crippen LogP contribution >= 0.6 is 162 Å². The largest absolute Gasteiger partial charge is 0.367 e. The fourth-order valence-electron chi connectivity index (χ4n) is 3.40. The number of alkyl halides is 14. The second kappa shape index (κ2) is 13.2. The van der Waals surface area contributed by atoms with E-state index in [0.29, 0.717) is 13.1 Å². The van der Waals surface area contributed by atoms with Crippen LogP contribution in [0.1, 0.15) is 11.7 Å². The topological polar surface area (TPSA) is 22.1 Å². The first kappa shape index (κ1) is 34.6. The summed E-state index contributed by atoms with van der Waals surface area (Å²) in [6.45, 7) is 0.627. The van der Waals surface area contributed by atoms with Gasteiger partial charge in [-0.1, -0.05) is 145 Å². The highest BCUT2D eigenvalue weighted by Crippen LogP contribution is 2.55. The van der Waals surface area contributed by atoms with Crippen LogP contribution in [-0.2, 0) is 0 Å². The molecule has 0 fully saturated rings. The maximum atomic E-state index is 15.5. The molecule has 2 rings (SSSR count). The fourth-order valence-corrected chi connectivity index (χ4v) is 5.76. The lowest BCUT2D eigenvalue weighted by Crippen LogP contribution is -2.64. The van der Waals surface area contributed by atoms with Crippen molar-refractivity contribution < 1.29 is 4.39 Å². The Balaban J connectivity index is 2.86. The molecule has 1 aliphatic heterocycles. The predicted octanol–water partition coefficient (Wildman–Crippen LogP) is 9.85. The first-order valence-electron chi connectivity index (χ1n) is 9.34. The summed E-state index contributed by atoms with van der Waals surface area (Å²) >= 11 is 86.2. The van der Waals surface area contributed by atoms with E-state index in [4.69, 9.17) is 162 Å². The Morgan fingerprint density at radius 3 is 1.72 bits per heavy atom. The number of benzene rings is 1. The van der Waals surface area contributed by atoms with Crippen LogP contribution in [0.4, 0.5) is 10.1 Å². The van der Waals surface area contributed by atoms with Gasteiger partial charge in [0.2, 0.25) is 7.59 Å². The van der Waals surface area contributed by atoms with Crippen molar-refractivity contribution >= 4 is 174 Å². The van der Waals surface area contributed by atoms with E-state index < -0.39 is 39.4 Å². The van der Waals surface area contributed by atoms with Crippen LogP contribution in [0.25, 0.3) is 0 Å². The zero-order valence-corrected chi connectivity index (χ0v) is 27.8. The van der Waals surface area contributed by atoms with Crippen LogP contribution in [0.3, 0.4) is 0 Å². The van der Waals surface area contributed by atoms with E-state index in [-0.39, 0.29) is 23.0 Å². The average molecular weight is 789 g/mol. The molecule has 0 N–H and O–H groups in total. The van der Waals surface area contributed by atoms with E-state index in [9.17, 15) is 0 Å². The molecule has 4 nitrogen and oxygen atoms in total. The van der Waals surface area contributed by atoms with Crippen molar-refractivity contribution in [2.24, 2.45) is 4.99 Å². The summed E-state index contributed by atoms with van der Waals surface area (Å²) in [5.74, 6) is -0.748. The van der Waals surface area contributed by atoms with Crippen molar-refractivity contribution in [2.45, 2.75) is 27.7 Å². The summed E-state index contributed by atoms with van der Waals surface area (Å²) in [6.07, 6.45) is -3.10. The third-order valence-corrected chi connectivity index (χ3v) is 7.24. The van der Waals surface area contributed by atoms with Crippen molar-refractivity contribution in [3.05, 3.63) is 29.6 Å². The third-order valence-electron chi connectivity index (χ3n) is 4.68. The maximum Gasteiger partial charge on any atom is 0.270 e. The van der Waals surface area contributed by atoms with Gasteiger partial charge in [-0.05, 0) is 17.7 Å². The van der Waals surface area contributed by atoms with Crippen LogP contribution in [-0.4, -0.2) is 62.1 Å². The summed E-state index contributed by atoms with van der Waals surface area (Å²) < 4.78 is 6.11. The first-order chi connectivity index (χ1) is 16.2. The van der Waals surface area contributed by atoms with Crippen molar-refractivity contribution in [2.75, 3.05) is 29.7 Å². The van der Waals surface area contributed by atoms with E-state index in [0.717, 1.165) is 15.9 Å². The van der Waals surface area contributed by atoms with E-state index in [2.05, 4.69) is 4.99 Å². The molecule has 0 amide bonds. The second-order valence-electron chi connectivity index (χ2n) is 7.03. The number of rotatable bonds is 6. The van der Waals surface area contributed by atoms with E-state index in [1.54, 1.807) is 4.90 Å². The van der Waals surface area contributed by atoms with Crippen LogP contribution in [0.2, 0.25) is 0 Å². The normalized spacial score (nSPS) is 20.5. The molecule has 0 saturated carbocycles. The van der Waals surface area contributed by atoms with Crippen molar-refractivity contribution in [3.8, 4) is 0 Å². The molecule has 206 valence electrons. The minimum atomic E-state index is -2.39. The molecule has 1 heterocycles. The molecule has 0 radical (unpaired) electrons. The standard InChI is InChI=1S/C17H13Cl14FN4/c18-3-5-34(6-4-19)10-2-1-8(7-9(10)32)11-35(16(26,27)28)12(14(20,21)22)33-13(15(23,24)25)36(11)17(29,30)31/h1-2,7,11-12H,3-6H2/t11?,12-/m0/s1. The van der Waals surface area contributed by atoms with Gasteiger partial charge < -0.3 is 4.90 Å². The van der Waals surface area contributed by atoms with Crippen LogP contribution in [0.5, 0.6) is 0 Å². The van der Waals surface area contributed by atoms with Crippen LogP contribution in [0.15, 0.2) is 23.2 Å². The van der Waals surface area contributed by atoms with Gasteiger partial charge in [0.05, 0.1) is 5.69 Å². The highest BCUT2D eigenvalue weighted by molar-refractivity contribution is 6.78. The van der Waals surface area contributed by atoms with E-state index in [1.807, 2.05) is 0 Å². The zero-order chi connectivity index (χ0) is 27.9. The molecule has 2 atom stereocenters. The van der Waals surface area contributed by atoms with Gasteiger partial charge in [-0.25, -0.2) is 14.3 Å². The maximum absolute atomic E-state index is 15.5. The Kier molecular flexibility index (Phi) is 12.7. The van der Waals surface area contributed by atoms with Gasteiger partial charge in [-0.2, -0.15) is 0 Å². The summed E-state index contributed by atoms with van der Waals surface area (Å²) in [5.41, 5.74) is 0.247. The van der Waals surface area contributed by atoms with Crippen molar-refractivity contribution in [3.63, 3.8) is 0 Å². The van der Waals surface area contributed by atoms with Crippen LogP contribution in [0, 0.1) is 5.82 Å². The Bertz CT molecular complexity index is 933. The lowest BCUT2D eigenvalue weighted by Gasteiger charge is -2.53. The Morgan fingerprint density at radius 2 is 1.36 bits per heavy atom. The number of hydrogen-bond acceptors (Lipinski definition) is 4. The van der Waals surface area contributed by atoms with Gasteiger partial charge in [0.1, 0.15) is 12.0 Å². The van der Waals surface area contributed by atoms with Gasteiger partial charge in [0.25, 0.3) is 7.83 Å². The fraction of sp³-hybridized carbons (Fsp3) is 0.588. The lowest BCUT2D eigenvalue weighted by molar-refractivity contribution is 0.0286. The van der Waals surface area contributed by atoms with Gasteiger partial charge in [0.15, 0.2) is 12.0 Å². The molecule has 1 aliphatic rings. The highest BCUT2D eigenvalue weighted by Gasteiger charge is 2.59. The molecular formula is C17H13Cl14FN4. The second-order valence-corrected chi connectivity index (χ2v) is 16.9. The average Bonchev–Trinajstić information content (AvgIpc) is 2.69. The molecule has 1 unspecified atom stereocenters. The number of hydrogen-bond donors (Lipinski definition) is 0. The molecular weight excluding hydrogens is 776 g/mol. The van der Waals surface area contributed by atoms with Gasteiger partial charge >= 0.3 is 0 Å². The Hall–Kier alpha value is 2.44. The van der Waals surface area contributed by atoms with E-state index in [1.165, 1.54) is 12.1 Å². The highest BCUT2D eigenvalue weighted by atomic mass is 35.6. The third kappa shape index (κ3) is 8.49. The van der Waals surface area contributed by atoms with E-state index >= 15 is 4.39 Å². The lowest BCUT2D eigenvalue weighted by atomic mass is 10.1. The number of aliphatic imine (C=N–C) groups is 1. The SMILES string of the molecule is Fc1cc(C2N(C(Cl)(Cl)Cl)C(C(Cl)(Cl)Cl)=N[C@H](C(Cl)(Cl)Cl)N2C(Cl)(Cl)Cl)ccc1N(CCCl)CCCl. The number of halogens is 15. The van der Waals surface area contributed by atoms with Gasteiger partial charge in [0, 0.05) is 24.8 Å². The molecule has 1 aromatic carbocycles.